The molecule has 0 heterocycles. The zero-order valence-corrected chi connectivity index (χ0v) is 31.2. The lowest BCUT2D eigenvalue weighted by Gasteiger charge is -2.72. The lowest BCUT2D eigenvalue weighted by molar-refractivity contribution is -0.220. The van der Waals surface area contributed by atoms with Gasteiger partial charge in [-0.05, 0) is 104 Å². The van der Waals surface area contributed by atoms with Crippen LogP contribution in [-0.2, 0) is 9.53 Å². The van der Waals surface area contributed by atoms with Gasteiger partial charge in [-0.15, -0.1) is 0 Å². The summed E-state index contributed by atoms with van der Waals surface area (Å²) in [6, 6.07) is 0. The first kappa shape index (κ1) is 35.5. The highest BCUT2D eigenvalue weighted by molar-refractivity contribution is 5.69. The fourth-order valence-electron chi connectivity index (χ4n) is 12.6. The van der Waals surface area contributed by atoms with Gasteiger partial charge in [0.1, 0.15) is 6.10 Å². The van der Waals surface area contributed by atoms with Crippen LogP contribution in [-0.4, -0.2) is 23.3 Å². The summed E-state index contributed by atoms with van der Waals surface area (Å²) in [5.74, 6) is 1.68. The minimum absolute atomic E-state index is 0.0172. The van der Waals surface area contributed by atoms with Crippen molar-refractivity contribution in [2.24, 2.45) is 50.2 Å². The molecule has 0 radical (unpaired) electrons. The van der Waals surface area contributed by atoms with Crippen LogP contribution in [0.5, 0.6) is 0 Å². The van der Waals surface area contributed by atoms with Gasteiger partial charge in [-0.1, -0.05) is 125 Å². The molecule has 45 heavy (non-hydrogen) atoms. The van der Waals surface area contributed by atoms with E-state index in [-0.39, 0.29) is 45.3 Å². The Morgan fingerprint density at radius 1 is 0.778 bits per heavy atom. The second kappa shape index (κ2) is 12.9. The average molecular weight is 625 g/mol. The van der Waals surface area contributed by atoms with E-state index in [2.05, 4.69) is 68.4 Å². The summed E-state index contributed by atoms with van der Waals surface area (Å²) in [4.78, 5) is 13.1. The molecule has 4 fully saturated rings. The summed E-state index contributed by atoms with van der Waals surface area (Å²) in [7, 11) is 0. The van der Waals surface area contributed by atoms with Gasteiger partial charge in [-0.3, -0.25) is 4.79 Å². The topological polar surface area (TPSA) is 46.5 Å². The van der Waals surface area contributed by atoms with Gasteiger partial charge in [0.15, 0.2) is 0 Å². The van der Waals surface area contributed by atoms with Crippen LogP contribution in [0.4, 0.5) is 0 Å². The first-order chi connectivity index (χ1) is 21.1. The molecule has 4 saturated carbocycles. The number of allylic oxidation sites excluding steroid dienone is 2. The first-order valence-electron chi connectivity index (χ1n) is 19.6. The molecule has 0 amide bonds. The lowest BCUT2D eigenvalue weighted by atomic mass is 9.33. The summed E-state index contributed by atoms with van der Waals surface area (Å²) in [6.45, 7) is 22.2. The van der Waals surface area contributed by atoms with Crippen LogP contribution >= 0.6 is 0 Å². The van der Waals surface area contributed by atoms with Crippen molar-refractivity contribution in [3.05, 3.63) is 11.6 Å². The van der Waals surface area contributed by atoms with Gasteiger partial charge >= 0.3 is 5.97 Å². The van der Waals surface area contributed by atoms with Crippen LogP contribution in [0.2, 0.25) is 0 Å². The molecule has 5 aliphatic carbocycles. The molecule has 0 bridgehead atoms. The van der Waals surface area contributed by atoms with Crippen molar-refractivity contribution in [3.63, 3.8) is 0 Å². The maximum atomic E-state index is 13.1. The Hall–Kier alpha value is -0.830. The van der Waals surface area contributed by atoms with Crippen molar-refractivity contribution < 1.29 is 14.6 Å². The van der Waals surface area contributed by atoms with Crippen molar-refractivity contribution in [1.29, 1.82) is 0 Å². The summed E-state index contributed by atoms with van der Waals surface area (Å²) >= 11 is 0. The normalized spacial score (nSPS) is 43.2. The standard InChI is InChI=1S/C42H72O3/c1-10-11-12-13-14-15-16-17-18-19-36(44)45-35-23-24-40(7)32(38(35,4)5)22-25-41(8)33(40)21-20-30-31-28-37(2,3)26-27-39(31,6)34(43)29-42(30,41)9/h20,31-35,43H,10-19,21-29H2,1-9H3/t31-,32-,33+,34-,35-,39-,40-,41+,42+/m0/s1. The van der Waals surface area contributed by atoms with E-state index >= 15 is 0 Å². The Morgan fingerprint density at radius 3 is 2.09 bits per heavy atom. The number of fused-ring (bicyclic) bond motifs is 7. The smallest absolute Gasteiger partial charge is 0.306 e. The number of rotatable bonds is 11. The third-order valence-electron chi connectivity index (χ3n) is 15.8. The molecule has 9 atom stereocenters. The van der Waals surface area contributed by atoms with Gasteiger partial charge in [0.05, 0.1) is 6.10 Å². The largest absolute Gasteiger partial charge is 0.462 e. The summed E-state index contributed by atoms with van der Waals surface area (Å²) in [5, 5.41) is 11.9. The highest BCUT2D eigenvalue weighted by Gasteiger charge is 2.69. The number of ether oxygens (including phenoxy) is 1. The van der Waals surface area contributed by atoms with Gasteiger partial charge in [-0.2, -0.15) is 0 Å². The van der Waals surface area contributed by atoms with Gasteiger partial charge in [0.2, 0.25) is 0 Å². The second-order valence-electron chi connectivity index (χ2n) is 19.4. The highest BCUT2D eigenvalue weighted by Crippen LogP contribution is 2.75. The Labute approximate surface area is 278 Å². The van der Waals surface area contributed by atoms with Crippen molar-refractivity contribution in [2.45, 2.75) is 197 Å². The third-order valence-corrected chi connectivity index (χ3v) is 15.8. The Bertz CT molecular complexity index is 1090. The van der Waals surface area contributed by atoms with Crippen molar-refractivity contribution in [1.82, 2.24) is 0 Å². The minimum Gasteiger partial charge on any atom is -0.462 e. The molecular formula is C42H72O3. The van der Waals surface area contributed by atoms with Crippen LogP contribution in [0.1, 0.15) is 184 Å². The van der Waals surface area contributed by atoms with E-state index in [4.69, 9.17) is 4.74 Å². The maximum Gasteiger partial charge on any atom is 0.306 e. The van der Waals surface area contributed by atoms with Gasteiger partial charge in [0, 0.05) is 17.3 Å². The second-order valence-corrected chi connectivity index (χ2v) is 19.4. The molecule has 0 aliphatic heterocycles. The molecule has 1 N–H and O–H groups in total. The number of esters is 1. The number of hydrogen-bond donors (Lipinski definition) is 1. The number of hydrogen-bond acceptors (Lipinski definition) is 3. The molecular weight excluding hydrogens is 552 g/mol. The molecule has 0 saturated heterocycles. The molecule has 0 aromatic rings. The van der Waals surface area contributed by atoms with Crippen LogP contribution < -0.4 is 0 Å². The Morgan fingerprint density at radius 2 is 1.42 bits per heavy atom. The summed E-state index contributed by atoms with van der Waals surface area (Å²) in [5.41, 5.74) is 2.50. The van der Waals surface area contributed by atoms with Gasteiger partial charge < -0.3 is 9.84 Å². The predicted molar refractivity (Wildman–Crippen MR) is 188 cm³/mol. The zero-order valence-electron chi connectivity index (χ0n) is 31.2. The van der Waals surface area contributed by atoms with Crippen molar-refractivity contribution in [2.75, 3.05) is 0 Å². The number of carbonyl (C=O) groups excluding carboxylic acids is 1. The Balaban J connectivity index is 1.25. The minimum atomic E-state index is -0.223. The molecule has 3 nitrogen and oxygen atoms in total. The summed E-state index contributed by atoms with van der Waals surface area (Å²) < 4.78 is 6.36. The maximum absolute atomic E-state index is 13.1. The van der Waals surface area contributed by atoms with E-state index < -0.39 is 0 Å². The number of aliphatic hydroxyl groups excluding tert-OH is 1. The quantitative estimate of drug-likeness (QED) is 0.141. The Kier molecular flexibility index (Phi) is 10.2. The van der Waals surface area contributed by atoms with E-state index in [0.717, 1.165) is 38.5 Å². The van der Waals surface area contributed by atoms with E-state index in [1.54, 1.807) is 5.57 Å². The van der Waals surface area contributed by atoms with E-state index in [1.165, 1.54) is 77.0 Å². The predicted octanol–water partition coefficient (Wildman–Crippen LogP) is 11.6. The SMILES string of the molecule is CCCCCCCCCCCC(=O)O[C@H]1CC[C@]2(C)[C@H]3CC=C4[C@@H]5CC(C)(C)CC[C@]5(C)[C@@H](O)C[C@@]4(C)[C@]3(C)CC[C@H]2C1(C)C. The van der Waals surface area contributed by atoms with Gasteiger partial charge in [0.25, 0.3) is 0 Å². The van der Waals surface area contributed by atoms with Crippen molar-refractivity contribution >= 4 is 5.97 Å². The van der Waals surface area contributed by atoms with E-state index in [0.29, 0.717) is 29.6 Å². The molecule has 5 aliphatic rings. The monoisotopic (exact) mass is 625 g/mol. The first-order valence-corrected chi connectivity index (χ1v) is 19.6. The molecule has 3 heteroatoms. The van der Waals surface area contributed by atoms with Crippen LogP contribution in [0, 0.1) is 50.2 Å². The van der Waals surface area contributed by atoms with Crippen LogP contribution in [0.3, 0.4) is 0 Å². The van der Waals surface area contributed by atoms with Crippen LogP contribution in [0.25, 0.3) is 0 Å². The number of carbonyl (C=O) groups is 1. The molecule has 258 valence electrons. The molecule has 0 spiro atoms. The highest BCUT2D eigenvalue weighted by atomic mass is 16.5. The summed E-state index contributed by atoms with van der Waals surface area (Å²) in [6.07, 6.45) is 24.7. The van der Waals surface area contributed by atoms with Crippen molar-refractivity contribution in [3.8, 4) is 0 Å². The number of unbranched alkanes of at least 4 members (excludes halogenated alkanes) is 8. The lowest BCUT2D eigenvalue weighted by Crippen LogP contribution is -2.66. The van der Waals surface area contributed by atoms with E-state index in [1.807, 2.05) is 0 Å². The number of aliphatic hydroxyl groups is 1. The fourth-order valence-corrected chi connectivity index (χ4v) is 12.6. The zero-order chi connectivity index (χ0) is 32.9. The van der Waals surface area contributed by atoms with E-state index in [9.17, 15) is 9.90 Å². The molecule has 0 unspecified atom stereocenters. The molecule has 0 aromatic carbocycles. The van der Waals surface area contributed by atoms with Crippen LogP contribution in [0.15, 0.2) is 11.6 Å². The third kappa shape index (κ3) is 6.14. The molecule has 5 rings (SSSR count). The molecule has 0 aromatic heterocycles. The average Bonchev–Trinajstić information content (AvgIpc) is 2.95. The van der Waals surface area contributed by atoms with Gasteiger partial charge in [-0.25, -0.2) is 0 Å². The fraction of sp³-hybridized carbons (Fsp3) is 0.929.